The van der Waals surface area contributed by atoms with E-state index in [4.69, 9.17) is 11.6 Å². The summed E-state index contributed by atoms with van der Waals surface area (Å²) in [7, 11) is 0. The first-order valence-corrected chi connectivity index (χ1v) is 8.66. The topological polar surface area (TPSA) is 49.3 Å². The van der Waals surface area contributed by atoms with E-state index in [0.29, 0.717) is 0 Å². The highest BCUT2D eigenvalue weighted by Crippen LogP contribution is 2.29. The van der Waals surface area contributed by atoms with E-state index in [2.05, 4.69) is 5.32 Å². The molecule has 6 heteroatoms. The zero-order valence-electron chi connectivity index (χ0n) is 12.6. The van der Waals surface area contributed by atoms with Crippen LogP contribution in [0.1, 0.15) is 17.2 Å². The minimum atomic E-state index is -0.818. The van der Waals surface area contributed by atoms with Gasteiger partial charge in [0.1, 0.15) is 5.82 Å². The van der Waals surface area contributed by atoms with Gasteiger partial charge in [0.25, 0.3) is 0 Å². The van der Waals surface area contributed by atoms with Gasteiger partial charge in [-0.25, -0.2) is 4.39 Å². The van der Waals surface area contributed by atoms with Crippen LogP contribution in [0.2, 0.25) is 5.02 Å². The van der Waals surface area contributed by atoms with E-state index in [1.54, 1.807) is 17.4 Å². The summed E-state index contributed by atoms with van der Waals surface area (Å²) in [6.45, 7) is 0.0611. The Morgan fingerprint density at radius 1 is 1.25 bits per heavy atom. The van der Waals surface area contributed by atoms with Crippen molar-refractivity contribution in [1.29, 1.82) is 0 Å². The van der Waals surface area contributed by atoms with Crippen molar-refractivity contribution in [1.82, 2.24) is 5.32 Å². The van der Waals surface area contributed by atoms with Crippen molar-refractivity contribution >= 4 is 38.9 Å². The van der Waals surface area contributed by atoms with E-state index in [-0.39, 0.29) is 29.5 Å². The van der Waals surface area contributed by atoms with Crippen LogP contribution in [-0.2, 0) is 11.2 Å². The van der Waals surface area contributed by atoms with Gasteiger partial charge < -0.3 is 10.4 Å². The highest BCUT2D eigenvalue weighted by Gasteiger charge is 2.16. The molecular formula is C18H15ClFNO2S. The summed E-state index contributed by atoms with van der Waals surface area (Å²) in [5.74, 6) is -0.900. The van der Waals surface area contributed by atoms with Crippen LogP contribution in [0.25, 0.3) is 10.1 Å². The molecule has 0 aliphatic heterocycles. The maximum absolute atomic E-state index is 13.7. The Bertz CT molecular complexity index is 860. The first-order chi connectivity index (χ1) is 11.6. The molecule has 0 saturated heterocycles. The van der Waals surface area contributed by atoms with Crippen LogP contribution in [0.15, 0.2) is 47.8 Å². The van der Waals surface area contributed by atoms with Crippen LogP contribution in [0.5, 0.6) is 0 Å². The minimum Gasteiger partial charge on any atom is -0.387 e. The number of aliphatic hydroxyl groups is 1. The van der Waals surface area contributed by atoms with Crippen molar-refractivity contribution in [3.8, 4) is 0 Å². The van der Waals surface area contributed by atoms with Gasteiger partial charge in [-0.15, -0.1) is 11.3 Å². The number of aliphatic hydroxyl groups excluding tert-OH is 1. The molecule has 1 unspecified atom stereocenters. The lowest BCUT2D eigenvalue weighted by molar-refractivity contribution is -0.120. The summed E-state index contributed by atoms with van der Waals surface area (Å²) >= 11 is 7.46. The Morgan fingerprint density at radius 3 is 2.83 bits per heavy atom. The molecular weight excluding hydrogens is 349 g/mol. The average molecular weight is 364 g/mol. The first kappa shape index (κ1) is 16.9. The summed E-state index contributed by atoms with van der Waals surface area (Å²) in [4.78, 5) is 12.0. The van der Waals surface area contributed by atoms with Crippen LogP contribution in [-0.4, -0.2) is 17.6 Å². The molecule has 3 nitrogen and oxygen atoms in total. The van der Waals surface area contributed by atoms with Gasteiger partial charge in [-0.3, -0.25) is 4.79 Å². The molecule has 124 valence electrons. The van der Waals surface area contributed by atoms with Gasteiger partial charge in [-0.2, -0.15) is 0 Å². The number of hydrogen-bond donors (Lipinski definition) is 2. The monoisotopic (exact) mass is 363 g/mol. The van der Waals surface area contributed by atoms with Crippen molar-refractivity contribution < 1.29 is 14.3 Å². The van der Waals surface area contributed by atoms with Crippen LogP contribution < -0.4 is 5.32 Å². The number of nitrogens with one attached hydrogen (secondary N) is 1. The van der Waals surface area contributed by atoms with Crippen molar-refractivity contribution in [3.63, 3.8) is 0 Å². The zero-order chi connectivity index (χ0) is 17.1. The van der Waals surface area contributed by atoms with Gasteiger partial charge in [0, 0.05) is 27.4 Å². The molecule has 0 aliphatic carbocycles. The van der Waals surface area contributed by atoms with Crippen LogP contribution in [0.3, 0.4) is 0 Å². The Balaban J connectivity index is 1.64. The summed E-state index contributed by atoms with van der Waals surface area (Å²) in [5.41, 5.74) is 0.937. The third-order valence-electron chi connectivity index (χ3n) is 3.76. The van der Waals surface area contributed by atoms with Gasteiger partial charge in [0.2, 0.25) is 5.91 Å². The van der Waals surface area contributed by atoms with Crippen molar-refractivity contribution in [2.45, 2.75) is 12.5 Å². The maximum Gasteiger partial charge on any atom is 0.224 e. The van der Waals surface area contributed by atoms with Crippen LogP contribution >= 0.6 is 22.9 Å². The average Bonchev–Trinajstić information content (AvgIpc) is 3.00. The Labute approximate surface area is 147 Å². The summed E-state index contributed by atoms with van der Waals surface area (Å²) in [6, 6.07) is 12.1. The van der Waals surface area contributed by atoms with Gasteiger partial charge in [-0.1, -0.05) is 35.9 Å². The maximum atomic E-state index is 13.7. The lowest BCUT2D eigenvalue weighted by Gasteiger charge is -2.12. The molecule has 0 saturated carbocycles. The number of carbonyl (C=O) groups is 1. The Morgan fingerprint density at radius 2 is 2.04 bits per heavy atom. The smallest absolute Gasteiger partial charge is 0.224 e. The van der Waals surface area contributed by atoms with E-state index in [1.165, 1.54) is 12.1 Å². The quantitative estimate of drug-likeness (QED) is 0.717. The number of thiophene rings is 1. The number of rotatable bonds is 5. The lowest BCUT2D eigenvalue weighted by atomic mass is 10.1. The minimum absolute atomic E-state index is 0.0611. The molecule has 24 heavy (non-hydrogen) atoms. The number of fused-ring (bicyclic) bond motifs is 1. The number of amides is 1. The molecule has 1 atom stereocenters. The zero-order valence-corrected chi connectivity index (χ0v) is 14.2. The SMILES string of the molecule is O=C(Cc1c(F)cccc1Cl)NCC(O)c1csc2ccccc12. The van der Waals surface area contributed by atoms with Crippen molar-refractivity contribution in [2.75, 3.05) is 6.54 Å². The number of halogens is 2. The van der Waals surface area contributed by atoms with Crippen LogP contribution in [0, 0.1) is 5.82 Å². The van der Waals surface area contributed by atoms with Gasteiger partial charge in [-0.05, 0) is 29.0 Å². The fourth-order valence-electron chi connectivity index (χ4n) is 2.50. The Hall–Kier alpha value is -1.95. The molecule has 1 amide bonds. The third-order valence-corrected chi connectivity index (χ3v) is 5.10. The molecule has 0 radical (unpaired) electrons. The van der Waals surface area contributed by atoms with Crippen LogP contribution in [0.4, 0.5) is 4.39 Å². The van der Waals surface area contributed by atoms with E-state index in [0.717, 1.165) is 15.6 Å². The molecule has 1 heterocycles. The van der Waals surface area contributed by atoms with E-state index >= 15 is 0 Å². The molecule has 3 rings (SSSR count). The Kier molecular flexibility index (Phi) is 5.14. The largest absolute Gasteiger partial charge is 0.387 e. The van der Waals surface area contributed by atoms with Crippen molar-refractivity contribution in [3.05, 3.63) is 69.8 Å². The highest BCUT2D eigenvalue weighted by molar-refractivity contribution is 7.17. The molecule has 0 aliphatic rings. The first-order valence-electron chi connectivity index (χ1n) is 7.40. The normalized spacial score (nSPS) is 12.3. The second kappa shape index (κ2) is 7.30. The summed E-state index contributed by atoms with van der Waals surface area (Å²) in [5, 5.41) is 16.0. The summed E-state index contributed by atoms with van der Waals surface area (Å²) in [6.07, 6.45) is -0.982. The number of benzene rings is 2. The highest BCUT2D eigenvalue weighted by atomic mass is 35.5. The number of carbonyl (C=O) groups excluding carboxylic acids is 1. The molecule has 0 spiro atoms. The molecule has 0 bridgehead atoms. The molecule has 0 fully saturated rings. The second-order valence-electron chi connectivity index (χ2n) is 5.38. The van der Waals surface area contributed by atoms with Gasteiger partial charge in [0.05, 0.1) is 12.5 Å². The van der Waals surface area contributed by atoms with Gasteiger partial charge >= 0.3 is 0 Å². The predicted molar refractivity (Wildman–Crippen MR) is 94.9 cm³/mol. The number of hydrogen-bond acceptors (Lipinski definition) is 3. The van der Waals surface area contributed by atoms with Crippen molar-refractivity contribution in [2.24, 2.45) is 0 Å². The fourth-order valence-corrected chi connectivity index (χ4v) is 3.74. The molecule has 1 aromatic heterocycles. The predicted octanol–water partition coefficient (Wildman–Crippen LogP) is 4.09. The molecule has 3 aromatic rings. The third kappa shape index (κ3) is 3.59. The van der Waals surface area contributed by atoms with E-state index in [9.17, 15) is 14.3 Å². The lowest BCUT2D eigenvalue weighted by Crippen LogP contribution is -2.30. The van der Waals surface area contributed by atoms with E-state index < -0.39 is 11.9 Å². The second-order valence-corrected chi connectivity index (χ2v) is 6.70. The molecule has 2 N–H and O–H groups in total. The standard InChI is InChI=1S/C18H15ClFNO2S/c19-14-5-3-6-15(20)12(14)8-18(23)21-9-16(22)13-10-24-17-7-2-1-4-11(13)17/h1-7,10,16,22H,8-9H2,(H,21,23). The van der Waals surface area contributed by atoms with E-state index in [1.807, 2.05) is 29.6 Å². The summed E-state index contributed by atoms with van der Waals surface area (Å²) < 4.78 is 14.8. The van der Waals surface area contributed by atoms with Gasteiger partial charge in [0.15, 0.2) is 0 Å². The fraction of sp³-hybridized carbons (Fsp3) is 0.167. The molecule has 2 aromatic carbocycles.